The van der Waals surface area contributed by atoms with Crippen molar-refractivity contribution in [3.05, 3.63) is 33.8 Å². The van der Waals surface area contributed by atoms with E-state index < -0.39 is 0 Å². The minimum Gasteiger partial charge on any atom is -0.356 e. The molecule has 3 aliphatic heterocycles. The first kappa shape index (κ1) is 24.0. The predicted molar refractivity (Wildman–Crippen MR) is 122 cm³/mol. The summed E-state index contributed by atoms with van der Waals surface area (Å²) in [5.74, 6) is 0.461. The molecule has 2 amide bonds. The molecule has 0 radical (unpaired) electrons. The minimum absolute atomic E-state index is 0.0866. The summed E-state index contributed by atoms with van der Waals surface area (Å²) in [6.07, 6.45) is 4.73. The summed E-state index contributed by atoms with van der Waals surface area (Å²) in [6, 6.07) is 5.21. The monoisotopic (exact) mass is 468 g/mol. The van der Waals surface area contributed by atoms with Crippen LogP contribution >= 0.6 is 23.2 Å². The Labute approximate surface area is 193 Å². The van der Waals surface area contributed by atoms with Crippen molar-refractivity contribution in [1.82, 2.24) is 20.4 Å². The van der Waals surface area contributed by atoms with E-state index in [2.05, 4.69) is 15.5 Å². The van der Waals surface area contributed by atoms with Gasteiger partial charge in [0.15, 0.2) is 0 Å². The van der Waals surface area contributed by atoms with Gasteiger partial charge in [0.25, 0.3) is 0 Å². The normalized spacial score (nSPS) is 22.7. The van der Waals surface area contributed by atoms with E-state index in [1.807, 2.05) is 11.9 Å². The maximum Gasteiger partial charge on any atom is 0.236 e. The molecule has 0 aliphatic carbocycles. The molecule has 3 heterocycles. The highest BCUT2D eigenvalue weighted by Gasteiger charge is 2.45. The molecular formula is C22H30Cl2N4O3. The molecule has 2 N–H and O–H groups in total. The molecule has 31 heavy (non-hydrogen) atoms. The zero-order valence-electron chi connectivity index (χ0n) is 17.8. The van der Waals surface area contributed by atoms with Crippen LogP contribution in [0.15, 0.2) is 18.2 Å². The number of hydrogen-bond acceptors (Lipinski definition) is 5. The van der Waals surface area contributed by atoms with Gasteiger partial charge in [0, 0.05) is 31.2 Å². The fourth-order valence-corrected chi connectivity index (χ4v) is 4.93. The fraction of sp³-hybridized carbons (Fsp3) is 0.591. The molecule has 3 fully saturated rings. The first-order chi connectivity index (χ1) is 14.9. The number of nitrogens with zero attached hydrogens (tertiary/aromatic N) is 2. The van der Waals surface area contributed by atoms with E-state index in [1.54, 1.807) is 12.1 Å². The maximum atomic E-state index is 12.0. The first-order valence-electron chi connectivity index (χ1n) is 10.7. The number of hydrogen-bond donors (Lipinski definition) is 2. The third-order valence-corrected chi connectivity index (χ3v) is 7.31. The Kier molecular flexibility index (Phi) is 8.33. The number of carbonyl (C=O) groups is 3. The zero-order valence-corrected chi connectivity index (χ0v) is 19.3. The lowest BCUT2D eigenvalue weighted by Gasteiger charge is -2.40. The van der Waals surface area contributed by atoms with Gasteiger partial charge in [-0.1, -0.05) is 29.3 Å². The van der Waals surface area contributed by atoms with Gasteiger partial charge in [-0.15, -0.1) is 0 Å². The largest absolute Gasteiger partial charge is 0.356 e. The number of nitrogens with one attached hydrogen (secondary N) is 2. The summed E-state index contributed by atoms with van der Waals surface area (Å²) in [5.41, 5.74) is 0.450. The Morgan fingerprint density at radius 3 is 2.55 bits per heavy atom. The Morgan fingerprint density at radius 2 is 1.97 bits per heavy atom. The van der Waals surface area contributed by atoms with Crippen molar-refractivity contribution >= 4 is 41.3 Å². The van der Waals surface area contributed by atoms with E-state index in [1.165, 1.54) is 6.07 Å². The number of piperidine rings is 1. The molecule has 1 aromatic rings. The van der Waals surface area contributed by atoms with Gasteiger partial charge in [0.1, 0.15) is 6.29 Å². The van der Waals surface area contributed by atoms with Crippen LogP contribution in [0.1, 0.15) is 36.0 Å². The van der Waals surface area contributed by atoms with Crippen LogP contribution in [-0.4, -0.2) is 80.3 Å². The maximum absolute atomic E-state index is 12.0. The summed E-state index contributed by atoms with van der Waals surface area (Å²) >= 11 is 11.2. The number of likely N-dealkylation sites (tertiary alicyclic amines) is 2. The number of benzene rings is 1. The van der Waals surface area contributed by atoms with Crippen molar-refractivity contribution in [2.45, 2.75) is 31.7 Å². The average Bonchev–Trinajstić information content (AvgIpc) is 3.39. The summed E-state index contributed by atoms with van der Waals surface area (Å²) in [5, 5.41) is 6.78. The van der Waals surface area contributed by atoms with Crippen LogP contribution in [0, 0.1) is 5.41 Å². The molecule has 1 unspecified atom stereocenters. The second-order valence-electron chi connectivity index (χ2n) is 8.43. The smallest absolute Gasteiger partial charge is 0.236 e. The summed E-state index contributed by atoms with van der Waals surface area (Å²) in [6.45, 7) is 4.97. The lowest BCUT2D eigenvalue weighted by atomic mass is 9.77. The van der Waals surface area contributed by atoms with E-state index in [-0.39, 0.29) is 17.2 Å². The molecule has 0 saturated carbocycles. The molecule has 0 aromatic heterocycles. The van der Waals surface area contributed by atoms with Gasteiger partial charge in [-0.25, -0.2) is 0 Å². The van der Waals surface area contributed by atoms with Crippen molar-refractivity contribution < 1.29 is 14.4 Å². The molecule has 1 atom stereocenters. The predicted octanol–water partition coefficient (Wildman–Crippen LogP) is 2.21. The number of amides is 2. The molecule has 3 aliphatic rings. The van der Waals surface area contributed by atoms with Crippen LogP contribution in [0.4, 0.5) is 0 Å². The second-order valence-corrected chi connectivity index (χ2v) is 9.24. The van der Waals surface area contributed by atoms with E-state index in [4.69, 9.17) is 23.2 Å². The number of rotatable bonds is 4. The highest BCUT2D eigenvalue weighted by molar-refractivity contribution is 6.42. The Bertz CT molecular complexity index is 812. The second kappa shape index (κ2) is 10.8. The molecule has 3 saturated heterocycles. The molecule has 1 aromatic carbocycles. The van der Waals surface area contributed by atoms with Crippen molar-refractivity contribution in [2.24, 2.45) is 5.41 Å². The minimum atomic E-state index is -0.0866. The molecule has 4 rings (SSSR count). The molecule has 170 valence electrons. The molecule has 1 spiro atoms. The highest BCUT2D eigenvalue weighted by atomic mass is 35.5. The van der Waals surface area contributed by atoms with Gasteiger partial charge in [0.2, 0.25) is 11.8 Å². The highest BCUT2D eigenvalue weighted by Crippen LogP contribution is 2.39. The van der Waals surface area contributed by atoms with E-state index in [9.17, 15) is 14.4 Å². The summed E-state index contributed by atoms with van der Waals surface area (Å²) < 4.78 is 0. The van der Waals surface area contributed by atoms with Crippen LogP contribution < -0.4 is 10.6 Å². The van der Waals surface area contributed by atoms with Gasteiger partial charge >= 0.3 is 0 Å². The molecule has 0 bridgehead atoms. The van der Waals surface area contributed by atoms with E-state index in [0.717, 1.165) is 64.7 Å². The fourth-order valence-electron chi connectivity index (χ4n) is 4.63. The Hall–Kier alpha value is -1.67. The van der Waals surface area contributed by atoms with E-state index in [0.29, 0.717) is 28.2 Å². The van der Waals surface area contributed by atoms with Crippen molar-refractivity contribution in [1.29, 1.82) is 0 Å². The lowest BCUT2D eigenvalue weighted by Crippen LogP contribution is -2.48. The third-order valence-electron chi connectivity index (χ3n) is 6.57. The Morgan fingerprint density at radius 1 is 1.23 bits per heavy atom. The number of carbonyl (C=O) groups excluding carboxylic acids is 3. The third kappa shape index (κ3) is 5.77. The van der Waals surface area contributed by atoms with Crippen molar-refractivity contribution in [2.75, 3.05) is 46.3 Å². The number of likely N-dealkylation sites (N-methyl/N-ethyl adjacent to an activating group) is 1. The lowest BCUT2D eigenvalue weighted by molar-refractivity contribution is -0.130. The topological polar surface area (TPSA) is 81.8 Å². The van der Waals surface area contributed by atoms with Crippen molar-refractivity contribution in [3.8, 4) is 0 Å². The summed E-state index contributed by atoms with van der Waals surface area (Å²) in [7, 11) is 1.81. The quantitative estimate of drug-likeness (QED) is 0.661. The van der Waals surface area contributed by atoms with Crippen LogP contribution in [-0.2, 0) is 9.59 Å². The van der Waals surface area contributed by atoms with Gasteiger partial charge in [-0.05, 0) is 58.0 Å². The van der Waals surface area contributed by atoms with Crippen molar-refractivity contribution in [3.63, 3.8) is 0 Å². The van der Waals surface area contributed by atoms with Gasteiger partial charge in [-0.2, -0.15) is 0 Å². The van der Waals surface area contributed by atoms with Crippen LogP contribution in [0.3, 0.4) is 0 Å². The number of aldehydes is 1. The number of halogens is 2. The standard InChI is InChI=1S/C15H26N4O2.C7H4Cl2O/c1-16-10-13(20)19-7-2-12(11-19)18-8-4-15(5-9-18)3-6-17-14(15)21;8-6-2-1-5(4-10)3-7(6)9/h12,16H,2-11H2,1H3,(H,17,21);1-4H. The zero-order chi connectivity index (χ0) is 22.4. The van der Waals surface area contributed by atoms with Gasteiger partial charge < -0.3 is 15.5 Å². The SMILES string of the molecule is CNCC(=O)N1CCC(N2CCC3(CCNC3=O)CC2)C1.O=Cc1ccc(Cl)c(Cl)c1. The average molecular weight is 469 g/mol. The van der Waals surface area contributed by atoms with Crippen LogP contribution in [0.2, 0.25) is 10.0 Å². The van der Waals surface area contributed by atoms with E-state index >= 15 is 0 Å². The first-order valence-corrected chi connectivity index (χ1v) is 11.5. The van der Waals surface area contributed by atoms with Crippen LogP contribution in [0.25, 0.3) is 0 Å². The van der Waals surface area contributed by atoms with Gasteiger partial charge in [0.05, 0.1) is 22.0 Å². The summed E-state index contributed by atoms with van der Waals surface area (Å²) in [4.78, 5) is 38.5. The Balaban J connectivity index is 0.000000229. The molecular weight excluding hydrogens is 439 g/mol. The van der Waals surface area contributed by atoms with Gasteiger partial charge in [-0.3, -0.25) is 19.3 Å². The molecule has 7 nitrogen and oxygen atoms in total. The van der Waals surface area contributed by atoms with Crippen LogP contribution in [0.5, 0.6) is 0 Å². The molecule has 9 heteroatoms.